The van der Waals surface area contributed by atoms with Gasteiger partial charge in [-0.1, -0.05) is 60.7 Å². The first-order valence-corrected chi connectivity index (χ1v) is 9.88. The Kier molecular flexibility index (Phi) is 5.55. The molecule has 1 aromatic heterocycles. The fraction of sp³-hybridized carbons (Fsp3) is 0.381. The van der Waals surface area contributed by atoms with E-state index < -0.39 is 0 Å². The van der Waals surface area contributed by atoms with Gasteiger partial charge >= 0.3 is 0 Å². The normalized spacial score (nSPS) is 21.1. The minimum atomic E-state index is 0.170. The van der Waals surface area contributed by atoms with E-state index in [4.69, 9.17) is 0 Å². The van der Waals surface area contributed by atoms with Crippen LogP contribution in [0.2, 0.25) is 0 Å². The number of nitrogens with one attached hydrogen (secondary N) is 2. The molecule has 1 aliphatic heterocycles. The number of tetrazole rings is 1. The van der Waals surface area contributed by atoms with Gasteiger partial charge in [-0.2, -0.15) is 0 Å². The van der Waals surface area contributed by atoms with Gasteiger partial charge in [0.15, 0.2) is 6.04 Å². The Morgan fingerprint density at radius 3 is 2.26 bits per heavy atom. The molecule has 0 aliphatic carbocycles. The van der Waals surface area contributed by atoms with Crippen LogP contribution in [0.5, 0.6) is 0 Å². The van der Waals surface area contributed by atoms with Crippen molar-refractivity contribution in [3.05, 3.63) is 77.6 Å². The number of nitrogens with zero attached hydrogens (tertiary/aromatic N) is 4. The maximum Gasteiger partial charge on any atom is 0.214 e. The van der Waals surface area contributed by atoms with E-state index in [-0.39, 0.29) is 6.04 Å². The number of likely N-dealkylation sites (N-methyl/N-ethyl adjacent to an activating group) is 1. The van der Waals surface area contributed by atoms with Crippen LogP contribution in [0.15, 0.2) is 60.7 Å². The summed E-state index contributed by atoms with van der Waals surface area (Å²) in [7, 11) is 0. The number of quaternary nitrogens is 2. The van der Waals surface area contributed by atoms with Crippen molar-refractivity contribution in [2.24, 2.45) is 0 Å². The van der Waals surface area contributed by atoms with E-state index in [1.807, 2.05) is 10.7 Å². The fourth-order valence-corrected chi connectivity index (χ4v) is 4.07. The van der Waals surface area contributed by atoms with Crippen LogP contribution in [0.3, 0.4) is 0 Å². The standard InChI is InChI=1S/C21H26N6/c1-2-25-13-15-26(16-14-25)20(19-11-7-4-8-12-19)21-22-23-24-27(21)17-18-9-5-3-6-10-18/h3-12,20H,2,13-17H2,1H3/p+2/t20-/m1/s1. The molecule has 3 aromatic rings. The summed E-state index contributed by atoms with van der Waals surface area (Å²) in [5.74, 6) is 0.958. The SMILES string of the molecule is CC[NH+]1CC[NH+]([C@H](c2ccccc2)c2nnnn2Cc2ccccc2)CC1. The molecule has 0 radical (unpaired) electrons. The predicted octanol–water partition coefficient (Wildman–Crippen LogP) is -0.386. The average Bonchev–Trinajstić information content (AvgIpc) is 3.18. The third kappa shape index (κ3) is 4.07. The first kappa shape index (κ1) is 17.8. The van der Waals surface area contributed by atoms with Crippen LogP contribution in [-0.2, 0) is 6.54 Å². The zero-order chi connectivity index (χ0) is 18.5. The molecule has 0 spiro atoms. The predicted molar refractivity (Wildman–Crippen MR) is 104 cm³/mol. The molecule has 1 saturated heterocycles. The summed E-state index contributed by atoms with van der Waals surface area (Å²) in [4.78, 5) is 3.25. The molecule has 6 heteroatoms. The Hall–Kier alpha value is -2.57. The van der Waals surface area contributed by atoms with Crippen molar-refractivity contribution >= 4 is 0 Å². The van der Waals surface area contributed by atoms with E-state index in [0.29, 0.717) is 6.54 Å². The van der Waals surface area contributed by atoms with Crippen molar-refractivity contribution in [3.8, 4) is 0 Å². The van der Waals surface area contributed by atoms with Gasteiger partial charge in [-0.15, -0.1) is 5.10 Å². The molecule has 2 heterocycles. The molecule has 6 nitrogen and oxygen atoms in total. The molecule has 4 rings (SSSR count). The average molecular weight is 364 g/mol. The zero-order valence-electron chi connectivity index (χ0n) is 15.9. The summed E-state index contributed by atoms with van der Waals surface area (Å²) in [6, 6.07) is 21.3. The minimum absolute atomic E-state index is 0.170. The zero-order valence-corrected chi connectivity index (χ0v) is 15.9. The van der Waals surface area contributed by atoms with E-state index in [9.17, 15) is 0 Å². The summed E-state index contributed by atoms with van der Waals surface area (Å²) in [6.07, 6.45) is 0. The molecule has 0 amide bonds. The monoisotopic (exact) mass is 364 g/mol. The summed E-state index contributed by atoms with van der Waals surface area (Å²) in [6.45, 7) is 8.86. The molecular formula is C21H28N6+2. The topological polar surface area (TPSA) is 52.5 Å². The van der Waals surface area contributed by atoms with Crippen molar-refractivity contribution in [1.29, 1.82) is 0 Å². The minimum Gasteiger partial charge on any atom is -0.326 e. The highest BCUT2D eigenvalue weighted by Crippen LogP contribution is 2.17. The molecular weight excluding hydrogens is 336 g/mol. The van der Waals surface area contributed by atoms with Crippen LogP contribution in [0, 0.1) is 0 Å². The van der Waals surface area contributed by atoms with Gasteiger partial charge in [-0.3, -0.25) is 0 Å². The fourth-order valence-electron chi connectivity index (χ4n) is 4.07. The van der Waals surface area contributed by atoms with Gasteiger partial charge in [0.25, 0.3) is 0 Å². The first-order chi connectivity index (χ1) is 13.3. The van der Waals surface area contributed by atoms with Crippen LogP contribution >= 0.6 is 0 Å². The van der Waals surface area contributed by atoms with Crippen LogP contribution < -0.4 is 9.80 Å². The lowest BCUT2D eigenvalue weighted by molar-refractivity contribution is -1.02. The molecule has 2 aromatic carbocycles. The maximum atomic E-state index is 4.48. The quantitative estimate of drug-likeness (QED) is 0.627. The van der Waals surface area contributed by atoms with Crippen LogP contribution in [-0.4, -0.2) is 52.9 Å². The lowest BCUT2D eigenvalue weighted by Gasteiger charge is -2.33. The largest absolute Gasteiger partial charge is 0.326 e. The number of piperazine rings is 1. The molecule has 1 atom stereocenters. The van der Waals surface area contributed by atoms with Gasteiger partial charge < -0.3 is 9.80 Å². The Balaban J connectivity index is 1.65. The van der Waals surface area contributed by atoms with Gasteiger partial charge in [0.05, 0.1) is 13.1 Å². The summed E-state index contributed by atoms with van der Waals surface area (Å²) in [5.41, 5.74) is 2.50. The smallest absolute Gasteiger partial charge is 0.214 e. The van der Waals surface area contributed by atoms with Gasteiger partial charge in [0, 0.05) is 5.56 Å². The van der Waals surface area contributed by atoms with Gasteiger partial charge in [0.1, 0.15) is 26.2 Å². The molecule has 0 saturated carbocycles. The second-order valence-corrected chi connectivity index (χ2v) is 7.29. The number of hydrogen-bond donors (Lipinski definition) is 2. The number of rotatable bonds is 6. The van der Waals surface area contributed by atoms with Crippen molar-refractivity contribution in [3.63, 3.8) is 0 Å². The van der Waals surface area contributed by atoms with Crippen LogP contribution in [0.25, 0.3) is 0 Å². The third-order valence-electron chi connectivity index (χ3n) is 5.63. The second kappa shape index (κ2) is 8.41. The van der Waals surface area contributed by atoms with Crippen LogP contribution in [0.4, 0.5) is 0 Å². The Morgan fingerprint density at radius 2 is 1.59 bits per heavy atom. The number of benzene rings is 2. The Labute approximate surface area is 160 Å². The van der Waals surface area contributed by atoms with Gasteiger partial charge in [0.2, 0.25) is 5.82 Å². The van der Waals surface area contributed by atoms with Crippen molar-refractivity contribution in [1.82, 2.24) is 20.2 Å². The number of hydrogen-bond acceptors (Lipinski definition) is 3. The van der Waals surface area contributed by atoms with Crippen LogP contribution in [0.1, 0.15) is 29.9 Å². The highest BCUT2D eigenvalue weighted by Gasteiger charge is 2.35. The lowest BCUT2D eigenvalue weighted by Crippen LogP contribution is -3.28. The summed E-state index contributed by atoms with van der Waals surface area (Å²) >= 11 is 0. The third-order valence-corrected chi connectivity index (χ3v) is 5.63. The molecule has 1 fully saturated rings. The summed E-state index contributed by atoms with van der Waals surface area (Å²) in [5, 5.41) is 12.8. The lowest BCUT2D eigenvalue weighted by atomic mass is 10.0. The van der Waals surface area contributed by atoms with E-state index >= 15 is 0 Å². The molecule has 140 valence electrons. The van der Waals surface area contributed by atoms with Crippen molar-refractivity contribution in [2.45, 2.75) is 19.5 Å². The molecule has 1 aliphatic rings. The van der Waals surface area contributed by atoms with E-state index in [0.717, 1.165) is 18.9 Å². The molecule has 0 bridgehead atoms. The van der Waals surface area contributed by atoms with Gasteiger partial charge in [-0.25, -0.2) is 4.68 Å². The van der Waals surface area contributed by atoms with Crippen molar-refractivity contribution in [2.75, 3.05) is 32.7 Å². The highest BCUT2D eigenvalue weighted by atomic mass is 15.6. The highest BCUT2D eigenvalue weighted by molar-refractivity contribution is 5.23. The summed E-state index contributed by atoms with van der Waals surface area (Å²) < 4.78 is 1.97. The first-order valence-electron chi connectivity index (χ1n) is 9.88. The van der Waals surface area contributed by atoms with Gasteiger partial charge in [-0.05, 0) is 22.9 Å². The Bertz CT molecular complexity index is 824. The second-order valence-electron chi connectivity index (χ2n) is 7.29. The number of aromatic nitrogens is 4. The molecule has 0 unspecified atom stereocenters. The van der Waals surface area contributed by atoms with E-state index in [2.05, 4.69) is 77.0 Å². The van der Waals surface area contributed by atoms with E-state index in [1.165, 1.54) is 30.8 Å². The van der Waals surface area contributed by atoms with E-state index in [1.54, 1.807) is 9.80 Å². The molecule has 27 heavy (non-hydrogen) atoms. The molecule has 2 N–H and O–H groups in total. The Morgan fingerprint density at radius 1 is 0.926 bits per heavy atom. The maximum absolute atomic E-state index is 4.48. The van der Waals surface area contributed by atoms with Crippen molar-refractivity contribution < 1.29 is 9.80 Å².